The molecule has 1 amide bonds. The number of nitrogens with zero attached hydrogens (tertiary/aromatic N) is 3. The monoisotopic (exact) mass is 230 g/mol. The molecule has 0 radical (unpaired) electrons. The van der Waals surface area contributed by atoms with Crippen LogP contribution in [0.2, 0.25) is 0 Å². The molecular formula is C12H14N4O. The summed E-state index contributed by atoms with van der Waals surface area (Å²) in [7, 11) is 0. The lowest BCUT2D eigenvalue weighted by molar-refractivity contribution is -0.109. The highest BCUT2D eigenvalue weighted by molar-refractivity contribution is 5.58. The number of imidazole rings is 1. The van der Waals surface area contributed by atoms with Gasteiger partial charge in [0, 0.05) is 5.70 Å². The largest absolute Gasteiger partial charge is 0.338 e. The van der Waals surface area contributed by atoms with Gasteiger partial charge in [-0.1, -0.05) is 12.2 Å². The Bertz CT molecular complexity index is 479. The first kappa shape index (κ1) is 12.7. The van der Waals surface area contributed by atoms with E-state index >= 15 is 0 Å². The van der Waals surface area contributed by atoms with E-state index in [0.717, 1.165) is 5.70 Å². The Morgan fingerprint density at radius 2 is 2.41 bits per heavy atom. The summed E-state index contributed by atoms with van der Waals surface area (Å²) in [6, 6.07) is 1.31. The molecule has 1 unspecified atom stereocenters. The predicted molar refractivity (Wildman–Crippen MR) is 64.5 cm³/mol. The molecule has 0 saturated carbocycles. The minimum Gasteiger partial charge on any atom is -0.338 e. The average molecular weight is 230 g/mol. The third kappa shape index (κ3) is 2.82. The molecular weight excluding hydrogens is 216 g/mol. The topological polar surface area (TPSA) is 70.7 Å². The van der Waals surface area contributed by atoms with E-state index in [0.29, 0.717) is 12.1 Å². The summed E-state index contributed by atoms with van der Waals surface area (Å²) in [5, 5.41) is 11.4. The molecule has 0 spiro atoms. The first-order valence-electron chi connectivity index (χ1n) is 5.19. The van der Waals surface area contributed by atoms with Gasteiger partial charge in [-0.3, -0.25) is 4.79 Å². The molecule has 1 atom stereocenters. The maximum absolute atomic E-state index is 10.4. The molecule has 0 saturated heterocycles. The molecule has 1 heterocycles. The second-order valence-electron chi connectivity index (χ2n) is 3.25. The van der Waals surface area contributed by atoms with Crippen molar-refractivity contribution in [3.63, 3.8) is 0 Å². The standard InChI is InChI=1S/C12H14N4O/c1-3-5-10(4-2)16-8-14-7-12(16)11(6-13)15-9-17/h3-5,7-9,11H,1-2H3,(H,15,17)/b5-3-,10-4+. The van der Waals surface area contributed by atoms with Gasteiger partial charge in [-0.05, 0) is 19.9 Å². The van der Waals surface area contributed by atoms with Gasteiger partial charge in [0.25, 0.3) is 0 Å². The number of aromatic nitrogens is 2. The molecule has 88 valence electrons. The normalized spacial score (nSPS) is 13.4. The Morgan fingerprint density at radius 3 is 2.94 bits per heavy atom. The van der Waals surface area contributed by atoms with Gasteiger partial charge >= 0.3 is 0 Å². The van der Waals surface area contributed by atoms with E-state index < -0.39 is 6.04 Å². The van der Waals surface area contributed by atoms with E-state index in [4.69, 9.17) is 5.26 Å². The molecule has 1 aromatic rings. The molecule has 0 bridgehead atoms. The van der Waals surface area contributed by atoms with Crippen molar-refractivity contribution in [3.05, 3.63) is 36.4 Å². The maximum atomic E-state index is 10.4. The van der Waals surface area contributed by atoms with Crippen molar-refractivity contribution in [2.45, 2.75) is 19.9 Å². The lowest BCUT2D eigenvalue weighted by Gasteiger charge is -2.12. The van der Waals surface area contributed by atoms with E-state index in [1.165, 1.54) is 0 Å². The van der Waals surface area contributed by atoms with Crippen LogP contribution in [0.5, 0.6) is 0 Å². The highest BCUT2D eigenvalue weighted by Crippen LogP contribution is 2.17. The van der Waals surface area contributed by atoms with Crippen LogP contribution in [0.3, 0.4) is 0 Å². The van der Waals surface area contributed by atoms with Crippen molar-refractivity contribution in [1.29, 1.82) is 5.26 Å². The fraction of sp³-hybridized carbons (Fsp3) is 0.250. The van der Waals surface area contributed by atoms with Crippen LogP contribution in [0.1, 0.15) is 25.6 Å². The van der Waals surface area contributed by atoms with Gasteiger partial charge in [0.15, 0.2) is 6.04 Å². The van der Waals surface area contributed by atoms with E-state index in [9.17, 15) is 4.79 Å². The zero-order chi connectivity index (χ0) is 12.7. The van der Waals surface area contributed by atoms with Crippen molar-refractivity contribution >= 4 is 12.1 Å². The number of rotatable bonds is 5. The van der Waals surface area contributed by atoms with Gasteiger partial charge in [0.05, 0.1) is 24.3 Å². The predicted octanol–water partition coefficient (Wildman–Crippen LogP) is 1.63. The van der Waals surface area contributed by atoms with E-state index in [1.807, 2.05) is 38.1 Å². The number of allylic oxidation sites excluding steroid dienone is 4. The average Bonchev–Trinajstić information content (AvgIpc) is 2.81. The number of nitrogens with one attached hydrogen (secondary N) is 1. The van der Waals surface area contributed by atoms with Crippen LogP contribution < -0.4 is 5.32 Å². The highest BCUT2D eigenvalue weighted by atomic mass is 16.1. The number of carbonyl (C=O) groups is 1. The second kappa shape index (κ2) is 6.28. The van der Waals surface area contributed by atoms with Crippen molar-refractivity contribution in [2.24, 2.45) is 0 Å². The fourth-order valence-corrected chi connectivity index (χ4v) is 1.48. The molecule has 5 nitrogen and oxygen atoms in total. The molecule has 0 fully saturated rings. The molecule has 0 aromatic carbocycles. The zero-order valence-electron chi connectivity index (χ0n) is 9.79. The van der Waals surface area contributed by atoms with Gasteiger partial charge in [-0.25, -0.2) is 4.98 Å². The van der Waals surface area contributed by atoms with Gasteiger partial charge in [-0.2, -0.15) is 5.26 Å². The van der Waals surface area contributed by atoms with Gasteiger partial charge < -0.3 is 9.88 Å². The van der Waals surface area contributed by atoms with Gasteiger partial charge in [-0.15, -0.1) is 0 Å². The van der Waals surface area contributed by atoms with Gasteiger partial charge in [0.2, 0.25) is 6.41 Å². The Labute approximate surface area is 100 Å². The Hall–Kier alpha value is -2.35. The lowest BCUT2D eigenvalue weighted by Crippen LogP contribution is -2.20. The second-order valence-corrected chi connectivity index (χ2v) is 3.25. The Balaban J connectivity index is 3.16. The van der Waals surface area contributed by atoms with Gasteiger partial charge in [0.1, 0.15) is 0 Å². The van der Waals surface area contributed by atoms with Crippen LogP contribution in [-0.2, 0) is 4.79 Å². The molecule has 1 N–H and O–H groups in total. The summed E-state index contributed by atoms with van der Waals surface area (Å²) in [4.78, 5) is 14.4. The maximum Gasteiger partial charge on any atom is 0.208 e. The fourth-order valence-electron chi connectivity index (χ4n) is 1.48. The summed E-state index contributed by atoms with van der Waals surface area (Å²) in [5.41, 5.74) is 1.53. The summed E-state index contributed by atoms with van der Waals surface area (Å²) in [6.45, 7) is 3.80. The first-order valence-corrected chi connectivity index (χ1v) is 5.19. The number of hydrogen-bond acceptors (Lipinski definition) is 3. The molecule has 0 aliphatic rings. The summed E-state index contributed by atoms with van der Waals surface area (Å²) >= 11 is 0. The molecule has 1 rings (SSSR count). The third-order valence-electron chi connectivity index (χ3n) is 2.24. The minimum atomic E-state index is -0.699. The van der Waals surface area contributed by atoms with Crippen LogP contribution in [0.25, 0.3) is 5.70 Å². The number of amides is 1. The quantitative estimate of drug-likeness (QED) is 0.617. The molecule has 1 aromatic heterocycles. The Morgan fingerprint density at radius 1 is 1.65 bits per heavy atom. The first-order chi connectivity index (χ1) is 8.28. The van der Waals surface area contributed by atoms with Crippen LogP contribution in [0.4, 0.5) is 0 Å². The summed E-state index contributed by atoms with van der Waals surface area (Å²) in [5.74, 6) is 0. The van der Waals surface area contributed by atoms with Crippen molar-refractivity contribution in [2.75, 3.05) is 0 Å². The van der Waals surface area contributed by atoms with Crippen LogP contribution in [0.15, 0.2) is 30.8 Å². The SMILES string of the molecule is C/C=C\C(=C/C)n1cncc1C(C#N)NC=O. The molecule has 0 aliphatic carbocycles. The summed E-state index contributed by atoms with van der Waals surface area (Å²) < 4.78 is 1.77. The van der Waals surface area contributed by atoms with Crippen LogP contribution in [0, 0.1) is 11.3 Å². The lowest BCUT2D eigenvalue weighted by atomic mass is 10.2. The number of hydrogen-bond donors (Lipinski definition) is 1. The molecule has 0 aliphatic heterocycles. The smallest absolute Gasteiger partial charge is 0.208 e. The van der Waals surface area contributed by atoms with E-state index in [-0.39, 0.29) is 0 Å². The molecule has 17 heavy (non-hydrogen) atoms. The van der Waals surface area contributed by atoms with Crippen molar-refractivity contribution < 1.29 is 4.79 Å². The number of nitriles is 1. The van der Waals surface area contributed by atoms with Crippen molar-refractivity contribution in [3.8, 4) is 6.07 Å². The molecule has 5 heteroatoms. The zero-order valence-corrected chi connectivity index (χ0v) is 9.79. The van der Waals surface area contributed by atoms with Crippen molar-refractivity contribution in [1.82, 2.24) is 14.9 Å². The highest BCUT2D eigenvalue weighted by Gasteiger charge is 2.15. The third-order valence-corrected chi connectivity index (χ3v) is 2.24. The van der Waals surface area contributed by atoms with E-state index in [1.54, 1.807) is 17.1 Å². The summed E-state index contributed by atoms with van der Waals surface area (Å²) in [6.07, 6.45) is 9.39. The minimum absolute atomic E-state index is 0.510. The Kier molecular flexibility index (Phi) is 4.70. The van der Waals surface area contributed by atoms with Crippen LogP contribution >= 0.6 is 0 Å². The number of carbonyl (C=O) groups excluding carboxylic acids is 1. The van der Waals surface area contributed by atoms with Crippen LogP contribution in [-0.4, -0.2) is 16.0 Å². The van der Waals surface area contributed by atoms with E-state index in [2.05, 4.69) is 10.3 Å².